The number of hydrogen-bond acceptors (Lipinski definition) is 3. The largest absolute Gasteiger partial charge is 0.455 e. The highest BCUT2D eigenvalue weighted by Crippen LogP contribution is 2.26. The summed E-state index contributed by atoms with van der Waals surface area (Å²) in [4.78, 5) is 10.5. The van der Waals surface area contributed by atoms with Crippen molar-refractivity contribution in [3.05, 3.63) is 0 Å². The summed E-state index contributed by atoms with van der Waals surface area (Å²) in [6, 6.07) is 0. The molecule has 3 nitrogen and oxygen atoms in total. The molecule has 1 saturated heterocycles. The molecule has 0 spiro atoms. The van der Waals surface area contributed by atoms with Gasteiger partial charge in [0.15, 0.2) is 0 Å². The fourth-order valence-electron chi connectivity index (χ4n) is 0.815. The Bertz CT molecular complexity index is 198. The minimum Gasteiger partial charge on any atom is -0.455 e. The lowest BCUT2D eigenvalue weighted by Gasteiger charge is -2.36. The van der Waals surface area contributed by atoms with E-state index in [2.05, 4.69) is 0 Å². The number of hydrogen-bond donors (Lipinski definition) is 0. The molecule has 11 heavy (non-hydrogen) atoms. The Balaban J connectivity index is 2.22. The maximum atomic E-state index is 10.5. The third kappa shape index (κ3) is 1.95. The molecule has 0 amide bonds. The highest BCUT2D eigenvalue weighted by atomic mass is 16.5. The van der Waals surface area contributed by atoms with Crippen molar-refractivity contribution in [2.24, 2.45) is 5.41 Å². The molecular formula is C8H10O3. The molecule has 1 aliphatic rings. The Labute approximate surface area is 65.7 Å². The first-order valence-corrected chi connectivity index (χ1v) is 3.37. The van der Waals surface area contributed by atoms with Gasteiger partial charge in [0.25, 0.3) is 0 Å². The monoisotopic (exact) mass is 154 g/mol. The van der Waals surface area contributed by atoms with Gasteiger partial charge in [0.05, 0.1) is 13.2 Å². The summed E-state index contributed by atoms with van der Waals surface area (Å²) >= 11 is 0. The molecule has 1 fully saturated rings. The molecule has 1 aliphatic heterocycles. The van der Waals surface area contributed by atoms with E-state index in [1.807, 2.05) is 12.8 Å². The van der Waals surface area contributed by atoms with E-state index >= 15 is 0 Å². The summed E-state index contributed by atoms with van der Waals surface area (Å²) in [5.74, 6) is 1.28. The fraction of sp³-hybridized carbons (Fsp3) is 0.625. The average Bonchev–Trinajstić information content (AvgIpc) is 1.96. The molecule has 0 radical (unpaired) electrons. The quantitative estimate of drug-likeness (QED) is 0.324. The number of ether oxygens (including phenoxy) is 2. The summed E-state index contributed by atoms with van der Waals surface area (Å²) in [5.41, 5.74) is -0.00743. The van der Waals surface area contributed by atoms with Crippen molar-refractivity contribution in [3.63, 3.8) is 0 Å². The van der Waals surface area contributed by atoms with E-state index in [1.54, 1.807) is 0 Å². The molecule has 0 saturated carbocycles. The summed E-state index contributed by atoms with van der Waals surface area (Å²) < 4.78 is 9.70. The van der Waals surface area contributed by atoms with E-state index in [4.69, 9.17) is 15.9 Å². The Kier molecular flexibility index (Phi) is 2.16. The highest BCUT2D eigenvalue weighted by molar-refractivity contribution is 5.87. The van der Waals surface area contributed by atoms with Crippen LogP contribution in [0.5, 0.6) is 0 Å². The Morgan fingerprint density at radius 1 is 1.82 bits per heavy atom. The first kappa shape index (κ1) is 8.09. The van der Waals surface area contributed by atoms with Crippen molar-refractivity contribution >= 4 is 5.97 Å². The minimum atomic E-state index is -0.599. The molecule has 0 aromatic rings. The number of carbonyl (C=O) groups excluding carboxylic acids is 1. The van der Waals surface area contributed by atoms with Crippen molar-refractivity contribution in [2.45, 2.75) is 6.92 Å². The van der Waals surface area contributed by atoms with Crippen LogP contribution in [0.2, 0.25) is 0 Å². The second kappa shape index (κ2) is 2.93. The van der Waals surface area contributed by atoms with Crippen molar-refractivity contribution in [2.75, 3.05) is 19.8 Å². The topological polar surface area (TPSA) is 35.5 Å². The van der Waals surface area contributed by atoms with E-state index in [9.17, 15) is 4.79 Å². The van der Waals surface area contributed by atoms with Gasteiger partial charge in [-0.2, -0.15) is 0 Å². The van der Waals surface area contributed by atoms with Gasteiger partial charge in [-0.3, -0.25) is 0 Å². The van der Waals surface area contributed by atoms with Gasteiger partial charge in [-0.15, -0.1) is 6.42 Å². The van der Waals surface area contributed by atoms with Gasteiger partial charge < -0.3 is 9.47 Å². The van der Waals surface area contributed by atoms with Crippen LogP contribution in [-0.4, -0.2) is 25.8 Å². The van der Waals surface area contributed by atoms with Crippen LogP contribution >= 0.6 is 0 Å². The third-order valence-electron chi connectivity index (χ3n) is 1.57. The molecule has 0 aromatic heterocycles. The van der Waals surface area contributed by atoms with Crippen molar-refractivity contribution < 1.29 is 14.3 Å². The van der Waals surface area contributed by atoms with Crippen molar-refractivity contribution in [1.82, 2.24) is 0 Å². The van der Waals surface area contributed by atoms with E-state index in [0.717, 1.165) is 0 Å². The molecule has 0 atom stereocenters. The maximum Gasteiger partial charge on any atom is 0.384 e. The first-order chi connectivity index (χ1) is 5.16. The van der Waals surface area contributed by atoms with Crippen LogP contribution in [0.15, 0.2) is 0 Å². The summed E-state index contributed by atoms with van der Waals surface area (Å²) in [6.07, 6.45) is 4.81. The lowest BCUT2D eigenvalue weighted by Crippen LogP contribution is -2.43. The van der Waals surface area contributed by atoms with Crippen LogP contribution in [0.1, 0.15) is 6.92 Å². The van der Waals surface area contributed by atoms with Crippen LogP contribution in [0, 0.1) is 17.8 Å². The number of carbonyl (C=O) groups is 1. The zero-order chi connectivity index (χ0) is 8.32. The zero-order valence-corrected chi connectivity index (χ0v) is 6.42. The van der Waals surface area contributed by atoms with E-state index < -0.39 is 5.97 Å². The summed E-state index contributed by atoms with van der Waals surface area (Å²) in [6.45, 7) is 3.63. The Hall–Kier alpha value is -1.01. The van der Waals surface area contributed by atoms with Crippen LogP contribution in [0.25, 0.3) is 0 Å². The molecule has 3 heteroatoms. The number of esters is 1. The van der Waals surface area contributed by atoms with Crippen LogP contribution in [0.3, 0.4) is 0 Å². The number of terminal acetylenes is 1. The molecule has 0 N–H and O–H groups in total. The summed E-state index contributed by atoms with van der Waals surface area (Å²) in [5, 5.41) is 0. The normalized spacial score (nSPS) is 19.6. The molecule has 1 heterocycles. The van der Waals surface area contributed by atoms with Gasteiger partial charge >= 0.3 is 5.97 Å². The fourth-order valence-corrected chi connectivity index (χ4v) is 0.815. The van der Waals surface area contributed by atoms with Gasteiger partial charge in [-0.05, 0) is 0 Å². The first-order valence-electron chi connectivity index (χ1n) is 3.37. The van der Waals surface area contributed by atoms with Gasteiger partial charge in [0.2, 0.25) is 0 Å². The Morgan fingerprint density at radius 3 is 2.82 bits per heavy atom. The van der Waals surface area contributed by atoms with E-state index in [1.165, 1.54) is 0 Å². The molecule has 0 unspecified atom stereocenters. The molecule has 0 bridgehead atoms. The van der Waals surface area contributed by atoms with Crippen LogP contribution < -0.4 is 0 Å². The average molecular weight is 154 g/mol. The SMILES string of the molecule is C#CC(=O)OCC1(C)COC1. The molecule has 0 aromatic carbocycles. The lowest BCUT2D eigenvalue weighted by molar-refractivity contribution is -0.159. The van der Waals surface area contributed by atoms with E-state index in [0.29, 0.717) is 19.8 Å². The zero-order valence-electron chi connectivity index (χ0n) is 6.42. The molecule has 60 valence electrons. The highest BCUT2D eigenvalue weighted by Gasteiger charge is 2.34. The number of rotatable bonds is 2. The smallest absolute Gasteiger partial charge is 0.384 e. The molecule has 0 aliphatic carbocycles. The van der Waals surface area contributed by atoms with Crippen LogP contribution in [-0.2, 0) is 14.3 Å². The Morgan fingerprint density at radius 2 is 2.45 bits per heavy atom. The summed E-state index contributed by atoms with van der Waals surface area (Å²) in [7, 11) is 0. The van der Waals surface area contributed by atoms with Crippen LogP contribution in [0.4, 0.5) is 0 Å². The van der Waals surface area contributed by atoms with Gasteiger partial charge in [-0.1, -0.05) is 6.92 Å². The van der Waals surface area contributed by atoms with Gasteiger partial charge in [0, 0.05) is 11.3 Å². The van der Waals surface area contributed by atoms with E-state index in [-0.39, 0.29) is 5.41 Å². The molecular weight excluding hydrogens is 144 g/mol. The second-order valence-corrected chi connectivity index (χ2v) is 3.02. The van der Waals surface area contributed by atoms with Crippen molar-refractivity contribution in [3.8, 4) is 12.3 Å². The maximum absolute atomic E-state index is 10.5. The predicted molar refractivity (Wildman–Crippen MR) is 38.7 cm³/mol. The standard InChI is InChI=1S/C8H10O3/c1-3-7(9)11-6-8(2)4-10-5-8/h1H,4-6H2,2H3. The van der Waals surface area contributed by atoms with Crippen molar-refractivity contribution in [1.29, 1.82) is 0 Å². The van der Waals surface area contributed by atoms with Gasteiger partial charge in [-0.25, -0.2) is 4.79 Å². The molecule has 1 rings (SSSR count). The minimum absolute atomic E-state index is 0.00743. The third-order valence-corrected chi connectivity index (χ3v) is 1.57. The lowest BCUT2D eigenvalue weighted by atomic mass is 9.90. The second-order valence-electron chi connectivity index (χ2n) is 3.02. The van der Waals surface area contributed by atoms with Gasteiger partial charge in [0.1, 0.15) is 6.61 Å². The predicted octanol–water partition coefficient (Wildman–Crippen LogP) is 0.199.